The summed E-state index contributed by atoms with van der Waals surface area (Å²) >= 11 is 0. The molecule has 3 N–H and O–H groups in total. The van der Waals surface area contributed by atoms with Crippen molar-refractivity contribution in [3.05, 3.63) is 24.3 Å². The Hall–Kier alpha value is -1.55. The molecule has 1 aromatic rings. The van der Waals surface area contributed by atoms with Crippen LogP contribution in [0.2, 0.25) is 0 Å². The van der Waals surface area contributed by atoms with Gasteiger partial charge in [0.25, 0.3) is 0 Å². The molecule has 1 aliphatic rings. The van der Waals surface area contributed by atoms with Crippen molar-refractivity contribution in [2.75, 3.05) is 11.9 Å². The van der Waals surface area contributed by atoms with Crippen LogP contribution in [0.25, 0.3) is 0 Å². The van der Waals surface area contributed by atoms with Crippen molar-refractivity contribution >= 4 is 11.6 Å². The van der Waals surface area contributed by atoms with E-state index in [0.29, 0.717) is 12.5 Å². The SMILES string of the molecule is CCOc1ccc(NC(=O)C2(N)CCCC(C)C2)cc1. The van der Waals surface area contributed by atoms with E-state index in [1.165, 1.54) is 0 Å². The van der Waals surface area contributed by atoms with Gasteiger partial charge in [-0.05, 0) is 49.9 Å². The van der Waals surface area contributed by atoms with Crippen LogP contribution in [-0.2, 0) is 4.79 Å². The number of hydrogen-bond acceptors (Lipinski definition) is 3. The first-order valence-electron chi connectivity index (χ1n) is 7.37. The van der Waals surface area contributed by atoms with Gasteiger partial charge in [0, 0.05) is 5.69 Å². The van der Waals surface area contributed by atoms with E-state index in [0.717, 1.165) is 37.1 Å². The van der Waals surface area contributed by atoms with Gasteiger partial charge in [-0.1, -0.05) is 19.8 Å². The number of ether oxygens (including phenoxy) is 1. The molecule has 0 heterocycles. The minimum atomic E-state index is -0.726. The van der Waals surface area contributed by atoms with Crippen LogP contribution in [0.4, 0.5) is 5.69 Å². The second-order valence-corrected chi connectivity index (χ2v) is 5.77. The zero-order valence-corrected chi connectivity index (χ0v) is 12.3. The predicted molar refractivity (Wildman–Crippen MR) is 80.8 cm³/mol. The maximum atomic E-state index is 12.4. The highest BCUT2D eigenvalue weighted by Crippen LogP contribution is 2.31. The molecular weight excluding hydrogens is 252 g/mol. The largest absolute Gasteiger partial charge is 0.494 e. The Kier molecular flexibility index (Phi) is 4.65. The summed E-state index contributed by atoms with van der Waals surface area (Å²) in [4.78, 5) is 12.4. The molecule has 1 saturated carbocycles. The van der Waals surface area contributed by atoms with Gasteiger partial charge in [-0.15, -0.1) is 0 Å². The Morgan fingerprint density at radius 2 is 2.15 bits per heavy atom. The number of nitrogens with one attached hydrogen (secondary N) is 1. The van der Waals surface area contributed by atoms with Crippen LogP contribution in [0.15, 0.2) is 24.3 Å². The fourth-order valence-electron chi connectivity index (χ4n) is 2.85. The average molecular weight is 276 g/mol. The molecule has 110 valence electrons. The van der Waals surface area contributed by atoms with Crippen molar-refractivity contribution in [3.63, 3.8) is 0 Å². The van der Waals surface area contributed by atoms with E-state index in [1.807, 2.05) is 31.2 Å². The molecule has 1 aliphatic carbocycles. The summed E-state index contributed by atoms with van der Waals surface area (Å²) in [7, 11) is 0. The maximum absolute atomic E-state index is 12.4. The van der Waals surface area contributed by atoms with Gasteiger partial charge in [-0.25, -0.2) is 0 Å². The van der Waals surface area contributed by atoms with E-state index in [4.69, 9.17) is 10.5 Å². The molecule has 4 heteroatoms. The number of amides is 1. The van der Waals surface area contributed by atoms with E-state index < -0.39 is 5.54 Å². The summed E-state index contributed by atoms with van der Waals surface area (Å²) in [5.41, 5.74) is 6.32. The number of hydrogen-bond donors (Lipinski definition) is 2. The fourth-order valence-corrected chi connectivity index (χ4v) is 2.85. The summed E-state index contributed by atoms with van der Waals surface area (Å²) in [5, 5.41) is 2.92. The lowest BCUT2D eigenvalue weighted by molar-refractivity contribution is -0.122. The third-order valence-corrected chi connectivity index (χ3v) is 3.91. The van der Waals surface area contributed by atoms with Gasteiger partial charge in [0.05, 0.1) is 12.1 Å². The maximum Gasteiger partial charge on any atom is 0.244 e. The molecule has 0 aromatic heterocycles. The minimum Gasteiger partial charge on any atom is -0.494 e. The van der Waals surface area contributed by atoms with E-state index in [-0.39, 0.29) is 5.91 Å². The first-order chi connectivity index (χ1) is 9.53. The molecule has 1 aromatic carbocycles. The van der Waals surface area contributed by atoms with Crippen LogP contribution in [-0.4, -0.2) is 18.1 Å². The van der Waals surface area contributed by atoms with Crippen molar-refractivity contribution in [2.45, 2.75) is 45.1 Å². The predicted octanol–water partition coefficient (Wildman–Crippen LogP) is 2.93. The second-order valence-electron chi connectivity index (χ2n) is 5.77. The smallest absolute Gasteiger partial charge is 0.244 e. The molecular formula is C16H24N2O2. The minimum absolute atomic E-state index is 0.0757. The van der Waals surface area contributed by atoms with Gasteiger partial charge < -0.3 is 15.8 Å². The Labute approximate surface area is 120 Å². The Morgan fingerprint density at radius 3 is 2.75 bits per heavy atom. The lowest BCUT2D eigenvalue weighted by Gasteiger charge is -2.35. The normalized spacial score (nSPS) is 26.1. The summed E-state index contributed by atoms with van der Waals surface area (Å²) < 4.78 is 5.38. The van der Waals surface area contributed by atoms with Crippen molar-refractivity contribution in [1.29, 1.82) is 0 Å². The van der Waals surface area contributed by atoms with Crippen molar-refractivity contribution in [3.8, 4) is 5.75 Å². The Bertz CT molecular complexity index is 458. The molecule has 1 amide bonds. The monoisotopic (exact) mass is 276 g/mol. The van der Waals surface area contributed by atoms with Crippen LogP contribution in [0.1, 0.15) is 39.5 Å². The third-order valence-electron chi connectivity index (χ3n) is 3.91. The van der Waals surface area contributed by atoms with Gasteiger partial charge in [-0.3, -0.25) is 4.79 Å². The number of nitrogens with two attached hydrogens (primary N) is 1. The molecule has 1 fully saturated rings. The van der Waals surface area contributed by atoms with Gasteiger partial charge >= 0.3 is 0 Å². The van der Waals surface area contributed by atoms with Gasteiger partial charge in [0.1, 0.15) is 5.75 Å². The lowest BCUT2D eigenvalue weighted by atomic mass is 9.76. The molecule has 0 bridgehead atoms. The second kappa shape index (κ2) is 6.27. The van der Waals surface area contributed by atoms with Gasteiger partial charge in [0.15, 0.2) is 0 Å². The molecule has 0 aliphatic heterocycles. The standard InChI is InChI=1S/C16H24N2O2/c1-3-20-14-8-6-13(7-9-14)18-15(19)16(17)10-4-5-12(2)11-16/h6-9,12H,3-5,10-11,17H2,1-2H3,(H,18,19). The number of carbonyl (C=O) groups excluding carboxylic acids is 1. The summed E-state index contributed by atoms with van der Waals surface area (Å²) in [6.45, 7) is 4.73. The molecule has 20 heavy (non-hydrogen) atoms. The van der Waals surface area contributed by atoms with Crippen LogP contribution in [0.5, 0.6) is 5.75 Å². The van der Waals surface area contributed by atoms with E-state index in [9.17, 15) is 4.79 Å². The first kappa shape index (κ1) is 14.9. The van der Waals surface area contributed by atoms with Gasteiger partial charge in [0.2, 0.25) is 5.91 Å². The zero-order valence-electron chi connectivity index (χ0n) is 12.3. The molecule has 2 atom stereocenters. The quantitative estimate of drug-likeness (QED) is 0.888. The third kappa shape index (κ3) is 3.51. The topological polar surface area (TPSA) is 64.3 Å². The molecule has 2 unspecified atom stereocenters. The first-order valence-corrected chi connectivity index (χ1v) is 7.37. The summed E-state index contributed by atoms with van der Waals surface area (Å²) in [5.74, 6) is 1.24. The van der Waals surface area contributed by atoms with Crippen LogP contribution in [0.3, 0.4) is 0 Å². The highest BCUT2D eigenvalue weighted by atomic mass is 16.5. The van der Waals surface area contributed by atoms with E-state index >= 15 is 0 Å². The number of anilines is 1. The van der Waals surface area contributed by atoms with Gasteiger partial charge in [-0.2, -0.15) is 0 Å². The van der Waals surface area contributed by atoms with Crippen LogP contribution in [0, 0.1) is 5.92 Å². The van der Waals surface area contributed by atoms with Crippen molar-refractivity contribution in [2.24, 2.45) is 11.7 Å². The number of carbonyl (C=O) groups is 1. The average Bonchev–Trinajstić information content (AvgIpc) is 2.41. The van der Waals surface area contributed by atoms with E-state index in [2.05, 4.69) is 12.2 Å². The van der Waals surface area contributed by atoms with Crippen molar-refractivity contribution < 1.29 is 9.53 Å². The molecule has 4 nitrogen and oxygen atoms in total. The number of rotatable bonds is 4. The molecule has 2 rings (SSSR count). The highest BCUT2D eigenvalue weighted by molar-refractivity contribution is 5.98. The Morgan fingerprint density at radius 1 is 1.45 bits per heavy atom. The fraction of sp³-hybridized carbons (Fsp3) is 0.562. The van der Waals surface area contributed by atoms with Crippen LogP contribution >= 0.6 is 0 Å². The zero-order chi connectivity index (χ0) is 14.6. The number of benzene rings is 1. The molecule has 0 radical (unpaired) electrons. The summed E-state index contributed by atoms with van der Waals surface area (Å²) in [6, 6.07) is 7.40. The van der Waals surface area contributed by atoms with Crippen LogP contribution < -0.4 is 15.8 Å². The van der Waals surface area contributed by atoms with Crippen molar-refractivity contribution in [1.82, 2.24) is 0 Å². The molecule has 0 spiro atoms. The molecule has 0 saturated heterocycles. The van der Waals surface area contributed by atoms with E-state index in [1.54, 1.807) is 0 Å². The Balaban J connectivity index is 1.99. The lowest BCUT2D eigenvalue weighted by Crippen LogP contribution is -2.53. The summed E-state index contributed by atoms with van der Waals surface area (Å²) in [6.07, 6.45) is 3.71. The highest BCUT2D eigenvalue weighted by Gasteiger charge is 2.37.